The number of primary amides is 1. The number of hydrogen-bond donors (Lipinski definition) is 1. The largest absolute Gasteiger partial charge is 0.367 e. The third-order valence-electron chi connectivity index (χ3n) is 3.57. The van der Waals surface area contributed by atoms with Crippen molar-refractivity contribution in [1.82, 2.24) is 15.2 Å². The standard InChI is InChI=1S/C14H16N6O/c15-14(21)11-10-16-5-3-12(11)19-6-8-20(9-7-19)13-2-1-4-17-18-13/h1-5,10H,6-9H2,(H2,15,21). The Morgan fingerprint density at radius 1 is 1.10 bits per heavy atom. The van der Waals surface area contributed by atoms with Crippen LogP contribution in [-0.4, -0.2) is 47.3 Å². The van der Waals surface area contributed by atoms with Crippen molar-refractivity contribution in [3.63, 3.8) is 0 Å². The molecule has 0 spiro atoms. The highest BCUT2D eigenvalue weighted by Crippen LogP contribution is 2.21. The summed E-state index contributed by atoms with van der Waals surface area (Å²) in [6.07, 6.45) is 4.86. The van der Waals surface area contributed by atoms with Gasteiger partial charge >= 0.3 is 0 Å². The predicted molar refractivity (Wildman–Crippen MR) is 79.2 cm³/mol. The van der Waals surface area contributed by atoms with Crippen LogP contribution in [0.3, 0.4) is 0 Å². The molecule has 1 aliphatic rings. The second-order valence-corrected chi connectivity index (χ2v) is 4.81. The average Bonchev–Trinajstić information content (AvgIpc) is 2.56. The number of rotatable bonds is 3. The van der Waals surface area contributed by atoms with Crippen molar-refractivity contribution >= 4 is 17.4 Å². The molecule has 1 fully saturated rings. The number of piperazine rings is 1. The van der Waals surface area contributed by atoms with Crippen molar-refractivity contribution < 1.29 is 4.79 Å². The monoisotopic (exact) mass is 284 g/mol. The Labute approximate surface area is 122 Å². The van der Waals surface area contributed by atoms with Gasteiger partial charge in [-0.15, -0.1) is 5.10 Å². The summed E-state index contributed by atoms with van der Waals surface area (Å²) in [4.78, 5) is 19.8. The first-order valence-corrected chi connectivity index (χ1v) is 6.77. The summed E-state index contributed by atoms with van der Waals surface area (Å²) in [5, 5.41) is 8.02. The van der Waals surface area contributed by atoms with E-state index in [9.17, 15) is 4.79 Å². The highest BCUT2D eigenvalue weighted by atomic mass is 16.1. The van der Waals surface area contributed by atoms with Crippen LogP contribution >= 0.6 is 0 Å². The van der Waals surface area contributed by atoms with E-state index in [0.717, 1.165) is 37.7 Å². The highest BCUT2D eigenvalue weighted by Gasteiger charge is 2.21. The zero-order valence-corrected chi connectivity index (χ0v) is 11.5. The van der Waals surface area contributed by atoms with Gasteiger partial charge in [-0.05, 0) is 18.2 Å². The van der Waals surface area contributed by atoms with Crippen molar-refractivity contribution in [3.05, 3.63) is 42.4 Å². The molecule has 1 aliphatic heterocycles. The van der Waals surface area contributed by atoms with E-state index in [2.05, 4.69) is 25.0 Å². The molecule has 7 heteroatoms. The van der Waals surface area contributed by atoms with Gasteiger partial charge in [0.05, 0.1) is 11.3 Å². The fourth-order valence-corrected chi connectivity index (χ4v) is 2.49. The number of nitrogens with zero attached hydrogens (tertiary/aromatic N) is 5. The maximum absolute atomic E-state index is 11.5. The van der Waals surface area contributed by atoms with Crippen molar-refractivity contribution in [3.8, 4) is 0 Å². The van der Waals surface area contributed by atoms with E-state index < -0.39 is 5.91 Å². The van der Waals surface area contributed by atoms with Crippen LogP contribution in [0.1, 0.15) is 10.4 Å². The molecule has 2 aromatic heterocycles. The van der Waals surface area contributed by atoms with Crippen LogP contribution in [0.2, 0.25) is 0 Å². The molecule has 0 atom stereocenters. The second-order valence-electron chi connectivity index (χ2n) is 4.81. The fraction of sp³-hybridized carbons (Fsp3) is 0.286. The molecular weight excluding hydrogens is 268 g/mol. The summed E-state index contributed by atoms with van der Waals surface area (Å²) in [5.41, 5.74) is 6.71. The normalized spacial score (nSPS) is 15.0. The highest BCUT2D eigenvalue weighted by molar-refractivity contribution is 5.98. The molecular formula is C14H16N6O. The van der Waals surface area contributed by atoms with Crippen LogP contribution < -0.4 is 15.5 Å². The predicted octanol–water partition coefficient (Wildman–Crippen LogP) is 0.297. The van der Waals surface area contributed by atoms with Crippen molar-refractivity contribution in [2.75, 3.05) is 36.0 Å². The van der Waals surface area contributed by atoms with Gasteiger partial charge in [-0.25, -0.2) is 0 Å². The van der Waals surface area contributed by atoms with Gasteiger partial charge in [0, 0.05) is 44.8 Å². The van der Waals surface area contributed by atoms with Gasteiger partial charge in [-0.1, -0.05) is 0 Å². The topological polar surface area (TPSA) is 88.2 Å². The molecule has 0 bridgehead atoms. The summed E-state index contributed by atoms with van der Waals surface area (Å²) >= 11 is 0. The van der Waals surface area contributed by atoms with Crippen LogP contribution in [0.15, 0.2) is 36.8 Å². The van der Waals surface area contributed by atoms with Gasteiger partial charge in [0.25, 0.3) is 5.91 Å². The zero-order valence-electron chi connectivity index (χ0n) is 11.5. The first-order chi connectivity index (χ1) is 10.3. The lowest BCUT2D eigenvalue weighted by Crippen LogP contribution is -2.47. The zero-order chi connectivity index (χ0) is 14.7. The minimum atomic E-state index is -0.450. The Bertz CT molecular complexity index is 624. The van der Waals surface area contributed by atoms with E-state index in [1.54, 1.807) is 12.4 Å². The van der Waals surface area contributed by atoms with Gasteiger partial charge < -0.3 is 15.5 Å². The quantitative estimate of drug-likeness (QED) is 0.872. The third-order valence-corrected chi connectivity index (χ3v) is 3.57. The number of nitrogens with two attached hydrogens (primary N) is 1. The van der Waals surface area contributed by atoms with Gasteiger partial charge in [0.2, 0.25) is 0 Å². The van der Waals surface area contributed by atoms with E-state index in [1.807, 2.05) is 18.2 Å². The first-order valence-electron chi connectivity index (χ1n) is 6.77. The summed E-state index contributed by atoms with van der Waals surface area (Å²) < 4.78 is 0. The maximum Gasteiger partial charge on any atom is 0.252 e. The molecule has 3 rings (SSSR count). The Morgan fingerprint density at radius 2 is 1.86 bits per heavy atom. The van der Waals surface area contributed by atoms with Crippen molar-refractivity contribution in [2.45, 2.75) is 0 Å². The Hall–Kier alpha value is -2.70. The molecule has 1 amide bonds. The minimum Gasteiger partial charge on any atom is -0.367 e. The molecule has 108 valence electrons. The summed E-state index contributed by atoms with van der Waals surface area (Å²) in [6.45, 7) is 3.22. The van der Waals surface area contributed by atoms with Crippen LogP contribution in [0.25, 0.3) is 0 Å². The molecule has 2 N–H and O–H groups in total. The van der Waals surface area contributed by atoms with E-state index in [1.165, 1.54) is 6.20 Å². The average molecular weight is 284 g/mol. The van der Waals surface area contributed by atoms with Gasteiger partial charge in [-0.3, -0.25) is 9.78 Å². The van der Waals surface area contributed by atoms with Crippen LogP contribution in [0.4, 0.5) is 11.5 Å². The van der Waals surface area contributed by atoms with E-state index in [-0.39, 0.29) is 0 Å². The van der Waals surface area contributed by atoms with Gasteiger partial charge in [0.15, 0.2) is 5.82 Å². The van der Waals surface area contributed by atoms with Crippen LogP contribution in [0, 0.1) is 0 Å². The SMILES string of the molecule is NC(=O)c1cnccc1N1CCN(c2cccnn2)CC1. The van der Waals surface area contributed by atoms with Crippen molar-refractivity contribution in [2.24, 2.45) is 5.73 Å². The molecule has 3 heterocycles. The smallest absolute Gasteiger partial charge is 0.252 e. The third kappa shape index (κ3) is 2.76. The van der Waals surface area contributed by atoms with Gasteiger partial charge in [0.1, 0.15) is 0 Å². The Kier molecular flexibility index (Phi) is 3.63. The molecule has 0 saturated carbocycles. The molecule has 7 nitrogen and oxygen atoms in total. The number of hydrogen-bond acceptors (Lipinski definition) is 6. The Morgan fingerprint density at radius 3 is 2.52 bits per heavy atom. The second kappa shape index (κ2) is 5.74. The molecule has 0 unspecified atom stereocenters. The number of carbonyl (C=O) groups is 1. The Balaban J connectivity index is 1.73. The lowest BCUT2D eigenvalue weighted by atomic mass is 10.2. The molecule has 0 aliphatic carbocycles. The summed E-state index contributed by atoms with van der Waals surface area (Å²) in [6, 6.07) is 5.66. The van der Waals surface area contributed by atoms with E-state index in [0.29, 0.717) is 5.56 Å². The molecule has 21 heavy (non-hydrogen) atoms. The maximum atomic E-state index is 11.5. The number of anilines is 2. The van der Waals surface area contributed by atoms with Crippen LogP contribution in [0.5, 0.6) is 0 Å². The first kappa shape index (κ1) is 13.3. The molecule has 0 aromatic carbocycles. The van der Waals surface area contributed by atoms with Gasteiger partial charge in [-0.2, -0.15) is 5.10 Å². The number of amides is 1. The van der Waals surface area contributed by atoms with Crippen molar-refractivity contribution in [1.29, 1.82) is 0 Å². The van der Waals surface area contributed by atoms with E-state index in [4.69, 9.17) is 5.73 Å². The summed E-state index contributed by atoms with van der Waals surface area (Å²) in [5.74, 6) is 0.427. The number of aromatic nitrogens is 3. The molecule has 2 aromatic rings. The lowest BCUT2D eigenvalue weighted by molar-refractivity contribution is 0.100. The molecule has 0 radical (unpaired) electrons. The lowest BCUT2D eigenvalue weighted by Gasteiger charge is -2.36. The van der Waals surface area contributed by atoms with E-state index >= 15 is 0 Å². The minimum absolute atomic E-state index is 0.450. The summed E-state index contributed by atoms with van der Waals surface area (Å²) in [7, 11) is 0. The number of carbonyl (C=O) groups excluding carboxylic acids is 1. The molecule has 1 saturated heterocycles. The van der Waals surface area contributed by atoms with Crippen LogP contribution in [-0.2, 0) is 0 Å². The fourth-order valence-electron chi connectivity index (χ4n) is 2.49. The number of pyridine rings is 1.